The van der Waals surface area contributed by atoms with Crippen molar-refractivity contribution in [3.63, 3.8) is 0 Å². The van der Waals surface area contributed by atoms with Crippen molar-refractivity contribution in [3.8, 4) is 5.75 Å². The summed E-state index contributed by atoms with van der Waals surface area (Å²) in [5.41, 5.74) is 0.551. The van der Waals surface area contributed by atoms with E-state index in [0.717, 1.165) is 8.95 Å². The van der Waals surface area contributed by atoms with Gasteiger partial charge in [-0.25, -0.2) is 0 Å². The number of amides is 1. The van der Waals surface area contributed by atoms with Gasteiger partial charge in [0.1, 0.15) is 5.75 Å². The molecule has 0 saturated carbocycles. The molecule has 0 bridgehead atoms. The van der Waals surface area contributed by atoms with Gasteiger partial charge in [0.05, 0.1) is 10.7 Å². The Balaban J connectivity index is 2.02. The van der Waals surface area contributed by atoms with Crippen LogP contribution < -0.4 is 10.1 Å². The molecule has 0 aliphatic heterocycles. The SMILES string of the molecule is CC(Oc1cccc(Br)c1)C(=O)Nc1ccc(Br)cc1Cl. The van der Waals surface area contributed by atoms with Gasteiger partial charge in [-0.05, 0) is 43.3 Å². The lowest BCUT2D eigenvalue weighted by Crippen LogP contribution is -2.30. The third-order valence-corrected chi connectivity index (χ3v) is 3.97. The minimum Gasteiger partial charge on any atom is -0.481 e. The highest BCUT2D eigenvalue weighted by Crippen LogP contribution is 2.26. The van der Waals surface area contributed by atoms with Crippen LogP contribution in [0.4, 0.5) is 5.69 Å². The van der Waals surface area contributed by atoms with Crippen molar-refractivity contribution < 1.29 is 9.53 Å². The molecule has 6 heteroatoms. The van der Waals surface area contributed by atoms with Gasteiger partial charge < -0.3 is 10.1 Å². The maximum Gasteiger partial charge on any atom is 0.265 e. The Morgan fingerprint density at radius 1 is 1.19 bits per heavy atom. The van der Waals surface area contributed by atoms with Crippen LogP contribution in [0.15, 0.2) is 51.4 Å². The summed E-state index contributed by atoms with van der Waals surface area (Å²) in [6.45, 7) is 1.68. The second kappa shape index (κ2) is 7.29. The minimum atomic E-state index is -0.640. The largest absolute Gasteiger partial charge is 0.481 e. The minimum absolute atomic E-state index is 0.265. The zero-order chi connectivity index (χ0) is 15.4. The highest BCUT2D eigenvalue weighted by atomic mass is 79.9. The average molecular weight is 434 g/mol. The van der Waals surface area contributed by atoms with Crippen LogP contribution in [0.5, 0.6) is 5.75 Å². The van der Waals surface area contributed by atoms with E-state index in [2.05, 4.69) is 37.2 Å². The molecule has 1 amide bonds. The molecular formula is C15H12Br2ClNO2. The molecule has 1 atom stereocenters. The molecule has 0 aliphatic rings. The van der Waals surface area contributed by atoms with E-state index < -0.39 is 6.10 Å². The summed E-state index contributed by atoms with van der Waals surface area (Å²) >= 11 is 12.7. The molecule has 1 N–H and O–H groups in total. The fraction of sp³-hybridized carbons (Fsp3) is 0.133. The Morgan fingerprint density at radius 2 is 1.90 bits per heavy atom. The zero-order valence-electron chi connectivity index (χ0n) is 11.1. The van der Waals surface area contributed by atoms with E-state index in [1.807, 2.05) is 12.1 Å². The predicted octanol–water partition coefficient (Wildman–Crippen LogP) is 5.27. The summed E-state index contributed by atoms with van der Waals surface area (Å²) in [6.07, 6.45) is -0.640. The average Bonchev–Trinajstić information content (AvgIpc) is 2.41. The Hall–Kier alpha value is -1.04. The van der Waals surface area contributed by atoms with Crippen LogP contribution in [0.1, 0.15) is 6.92 Å². The first-order chi connectivity index (χ1) is 9.95. The first-order valence-corrected chi connectivity index (χ1v) is 8.10. The van der Waals surface area contributed by atoms with E-state index in [9.17, 15) is 4.79 Å². The number of benzene rings is 2. The van der Waals surface area contributed by atoms with E-state index in [1.165, 1.54) is 0 Å². The zero-order valence-corrected chi connectivity index (χ0v) is 15.0. The van der Waals surface area contributed by atoms with Crippen molar-refractivity contribution in [1.29, 1.82) is 0 Å². The number of rotatable bonds is 4. The van der Waals surface area contributed by atoms with Gasteiger partial charge in [0, 0.05) is 8.95 Å². The van der Waals surface area contributed by atoms with Crippen molar-refractivity contribution >= 4 is 55.1 Å². The van der Waals surface area contributed by atoms with Gasteiger partial charge in [0.15, 0.2) is 6.10 Å². The van der Waals surface area contributed by atoms with Gasteiger partial charge in [-0.1, -0.05) is 49.5 Å². The number of carbonyl (C=O) groups excluding carboxylic acids is 1. The van der Waals surface area contributed by atoms with E-state index >= 15 is 0 Å². The summed E-state index contributed by atoms with van der Waals surface area (Å²) < 4.78 is 7.34. The highest BCUT2D eigenvalue weighted by molar-refractivity contribution is 9.10. The lowest BCUT2D eigenvalue weighted by atomic mass is 10.3. The first-order valence-electron chi connectivity index (χ1n) is 6.14. The quantitative estimate of drug-likeness (QED) is 0.713. The monoisotopic (exact) mass is 431 g/mol. The van der Waals surface area contributed by atoms with E-state index in [-0.39, 0.29) is 5.91 Å². The molecule has 2 rings (SSSR count). The van der Waals surface area contributed by atoms with Crippen molar-refractivity contribution in [2.24, 2.45) is 0 Å². The third-order valence-electron chi connectivity index (χ3n) is 2.67. The Labute approximate surface area is 144 Å². The van der Waals surface area contributed by atoms with Crippen LogP contribution in [0.2, 0.25) is 5.02 Å². The standard InChI is InChI=1S/C15H12Br2ClNO2/c1-9(21-12-4-2-3-10(16)7-12)15(20)19-14-6-5-11(17)8-13(14)18/h2-9H,1H3,(H,19,20). The summed E-state index contributed by atoms with van der Waals surface area (Å²) in [6, 6.07) is 12.6. The lowest BCUT2D eigenvalue weighted by Gasteiger charge is -2.15. The van der Waals surface area contributed by atoms with Crippen LogP contribution in [0, 0.1) is 0 Å². The molecule has 0 heterocycles. The van der Waals surface area contributed by atoms with Gasteiger partial charge in [-0.15, -0.1) is 0 Å². The highest BCUT2D eigenvalue weighted by Gasteiger charge is 2.16. The molecule has 1 unspecified atom stereocenters. The number of hydrogen-bond donors (Lipinski definition) is 1. The van der Waals surface area contributed by atoms with Crippen LogP contribution >= 0.6 is 43.5 Å². The molecule has 0 radical (unpaired) electrons. The fourth-order valence-corrected chi connectivity index (χ4v) is 2.72. The summed E-state index contributed by atoms with van der Waals surface area (Å²) in [4.78, 5) is 12.1. The van der Waals surface area contributed by atoms with Crippen LogP contribution in [0.3, 0.4) is 0 Å². The van der Waals surface area contributed by atoms with E-state index in [1.54, 1.807) is 37.3 Å². The smallest absolute Gasteiger partial charge is 0.265 e. The van der Waals surface area contributed by atoms with Gasteiger partial charge >= 0.3 is 0 Å². The van der Waals surface area contributed by atoms with Gasteiger partial charge in [0.25, 0.3) is 5.91 Å². The van der Waals surface area contributed by atoms with Crippen molar-refractivity contribution in [1.82, 2.24) is 0 Å². The Bertz CT molecular complexity index is 664. The molecule has 21 heavy (non-hydrogen) atoms. The van der Waals surface area contributed by atoms with Gasteiger partial charge in [-0.3, -0.25) is 4.79 Å². The fourth-order valence-electron chi connectivity index (χ4n) is 1.62. The molecule has 0 fully saturated rings. The normalized spacial score (nSPS) is 11.8. The van der Waals surface area contributed by atoms with E-state index in [4.69, 9.17) is 16.3 Å². The van der Waals surface area contributed by atoms with Crippen LogP contribution in [-0.4, -0.2) is 12.0 Å². The third kappa shape index (κ3) is 4.73. The number of carbonyl (C=O) groups is 1. The number of halogens is 3. The number of anilines is 1. The predicted molar refractivity (Wildman–Crippen MR) is 92.0 cm³/mol. The van der Waals surface area contributed by atoms with E-state index in [0.29, 0.717) is 16.5 Å². The molecule has 0 aromatic heterocycles. The number of nitrogens with one attached hydrogen (secondary N) is 1. The maximum absolute atomic E-state index is 12.1. The van der Waals surface area contributed by atoms with Gasteiger partial charge in [-0.2, -0.15) is 0 Å². The van der Waals surface area contributed by atoms with Crippen LogP contribution in [-0.2, 0) is 4.79 Å². The van der Waals surface area contributed by atoms with Crippen molar-refractivity contribution in [2.45, 2.75) is 13.0 Å². The molecule has 2 aromatic rings. The Morgan fingerprint density at radius 3 is 2.57 bits per heavy atom. The number of hydrogen-bond acceptors (Lipinski definition) is 2. The van der Waals surface area contributed by atoms with Gasteiger partial charge in [0.2, 0.25) is 0 Å². The molecule has 0 saturated heterocycles. The number of ether oxygens (including phenoxy) is 1. The molecular weight excluding hydrogens is 421 g/mol. The Kier molecular flexibility index (Phi) is 5.67. The van der Waals surface area contributed by atoms with Crippen molar-refractivity contribution in [3.05, 3.63) is 56.4 Å². The topological polar surface area (TPSA) is 38.3 Å². The van der Waals surface area contributed by atoms with Crippen molar-refractivity contribution in [2.75, 3.05) is 5.32 Å². The van der Waals surface area contributed by atoms with Crippen LogP contribution in [0.25, 0.3) is 0 Å². The molecule has 0 aliphatic carbocycles. The summed E-state index contributed by atoms with van der Waals surface area (Å²) in [7, 11) is 0. The summed E-state index contributed by atoms with van der Waals surface area (Å²) in [5.74, 6) is 0.355. The second-order valence-electron chi connectivity index (χ2n) is 4.33. The summed E-state index contributed by atoms with van der Waals surface area (Å²) in [5, 5.41) is 3.21. The molecule has 2 aromatic carbocycles. The lowest BCUT2D eigenvalue weighted by molar-refractivity contribution is -0.122. The second-order valence-corrected chi connectivity index (χ2v) is 6.57. The molecule has 3 nitrogen and oxygen atoms in total. The molecule has 0 spiro atoms. The first kappa shape index (κ1) is 16.3. The molecule has 110 valence electrons. The maximum atomic E-state index is 12.1.